The van der Waals surface area contributed by atoms with Crippen LogP contribution in [0.25, 0.3) is 0 Å². The highest BCUT2D eigenvalue weighted by molar-refractivity contribution is 4.67. The van der Waals surface area contributed by atoms with E-state index in [0.717, 1.165) is 0 Å². The molecule has 0 aliphatic rings. The van der Waals surface area contributed by atoms with Crippen LogP contribution in [-0.2, 0) is 0 Å². The Morgan fingerprint density at radius 1 is 1.20 bits per heavy atom. The Morgan fingerprint density at radius 3 is 1.80 bits per heavy atom. The van der Waals surface area contributed by atoms with Gasteiger partial charge in [-0.25, -0.2) is 0 Å². The van der Waals surface area contributed by atoms with Gasteiger partial charge in [-0.05, 0) is 28.2 Å². The second kappa shape index (κ2) is 4.62. The summed E-state index contributed by atoms with van der Waals surface area (Å²) in [5, 5.41) is 15.0. The standard InChI is InChI=1S/C6H17N3O/c1-7-5(9(3)4)6(10)8-2/h5-8,10H,1-4H3. The van der Waals surface area contributed by atoms with E-state index < -0.39 is 6.23 Å². The molecule has 0 aliphatic carbocycles. The van der Waals surface area contributed by atoms with E-state index in [4.69, 9.17) is 0 Å². The van der Waals surface area contributed by atoms with Crippen molar-refractivity contribution in [3.05, 3.63) is 0 Å². The summed E-state index contributed by atoms with van der Waals surface area (Å²) in [6, 6.07) is 0. The quantitative estimate of drug-likeness (QED) is 0.429. The van der Waals surface area contributed by atoms with Crippen molar-refractivity contribution in [2.24, 2.45) is 0 Å². The minimum Gasteiger partial charge on any atom is -0.376 e. The van der Waals surface area contributed by atoms with Gasteiger partial charge in [0, 0.05) is 0 Å². The smallest absolute Gasteiger partial charge is 0.133 e. The van der Waals surface area contributed by atoms with E-state index in [1.54, 1.807) is 7.05 Å². The van der Waals surface area contributed by atoms with Gasteiger partial charge in [-0.3, -0.25) is 10.2 Å². The van der Waals surface area contributed by atoms with Crippen LogP contribution in [0, 0.1) is 0 Å². The number of hydrogen-bond acceptors (Lipinski definition) is 4. The zero-order valence-corrected chi connectivity index (χ0v) is 7.05. The number of likely N-dealkylation sites (N-methyl/N-ethyl adjacent to an activating group) is 3. The number of rotatable bonds is 4. The third kappa shape index (κ3) is 2.62. The molecule has 0 rings (SSSR count). The lowest BCUT2D eigenvalue weighted by Gasteiger charge is -2.27. The van der Waals surface area contributed by atoms with E-state index in [1.165, 1.54) is 0 Å². The molecule has 0 aromatic heterocycles. The number of nitrogens with zero attached hydrogens (tertiary/aromatic N) is 1. The van der Waals surface area contributed by atoms with Gasteiger partial charge in [-0.2, -0.15) is 0 Å². The first kappa shape index (κ1) is 9.84. The molecule has 2 unspecified atom stereocenters. The minimum atomic E-state index is -0.528. The molecular weight excluding hydrogens is 130 g/mol. The van der Waals surface area contributed by atoms with Gasteiger partial charge in [0.2, 0.25) is 0 Å². The van der Waals surface area contributed by atoms with E-state index in [2.05, 4.69) is 10.6 Å². The van der Waals surface area contributed by atoms with Crippen LogP contribution in [0.5, 0.6) is 0 Å². The second-order valence-corrected chi connectivity index (χ2v) is 2.43. The molecule has 3 N–H and O–H groups in total. The molecule has 0 aromatic rings. The van der Waals surface area contributed by atoms with Crippen LogP contribution in [-0.4, -0.2) is 50.6 Å². The highest BCUT2D eigenvalue weighted by atomic mass is 16.3. The summed E-state index contributed by atoms with van der Waals surface area (Å²) in [5.41, 5.74) is 0. The summed E-state index contributed by atoms with van der Waals surface area (Å²) in [6.45, 7) is 0. The number of aliphatic hydroxyl groups is 1. The molecule has 62 valence electrons. The zero-order chi connectivity index (χ0) is 8.15. The van der Waals surface area contributed by atoms with Gasteiger partial charge in [0.15, 0.2) is 0 Å². The molecule has 10 heavy (non-hydrogen) atoms. The average Bonchev–Trinajstić information content (AvgIpc) is 1.88. The number of hydrogen-bond donors (Lipinski definition) is 3. The van der Waals surface area contributed by atoms with Crippen LogP contribution in [0.3, 0.4) is 0 Å². The van der Waals surface area contributed by atoms with Gasteiger partial charge in [-0.15, -0.1) is 0 Å². The Hall–Kier alpha value is -0.160. The van der Waals surface area contributed by atoms with Gasteiger partial charge in [0.1, 0.15) is 6.23 Å². The Morgan fingerprint density at radius 2 is 1.70 bits per heavy atom. The normalized spacial score (nSPS) is 17.4. The number of nitrogens with one attached hydrogen (secondary N) is 2. The first-order chi connectivity index (χ1) is 4.63. The SMILES string of the molecule is CNC(O)C(NC)N(C)C. The van der Waals surface area contributed by atoms with E-state index >= 15 is 0 Å². The van der Waals surface area contributed by atoms with Crippen LogP contribution in [0.4, 0.5) is 0 Å². The fraction of sp³-hybridized carbons (Fsp3) is 1.00. The topological polar surface area (TPSA) is 47.5 Å². The lowest BCUT2D eigenvalue weighted by Crippen LogP contribution is -2.53. The van der Waals surface area contributed by atoms with Crippen LogP contribution in [0.1, 0.15) is 0 Å². The molecule has 2 atom stereocenters. The van der Waals surface area contributed by atoms with Crippen LogP contribution in [0.15, 0.2) is 0 Å². The van der Waals surface area contributed by atoms with Gasteiger partial charge < -0.3 is 10.4 Å². The average molecular weight is 147 g/mol. The molecule has 4 heteroatoms. The van der Waals surface area contributed by atoms with E-state index in [0.29, 0.717) is 0 Å². The summed E-state index contributed by atoms with van der Waals surface area (Å²) in [4.78, 5) is 1.90. The molecule has 4 nitrogen and oxygen atoms in total. The lowest BCUT2D eigenvalue weighted by atomic mass is 10.4. The van der Waals surface area contributed by atoms with Crippen molar-refractivity contribution in [1.82, 2.24) is 15.5 Å². The number of aliphatic hydroxyl groups excluding tert-OH is 1. The minimum absolute atomic E-state index is 0.0370. The summed E-state index contributed by atoms with van der Waals surface area (Å²) >= 11 is 0. The molecule has 0 spiro atoms. The van der Waals surface area contributed by atoms with Gasteiger partial charge in [0.05, 0.1) is 6.17 Å². The largest absolute Gasteiger partial charge is 0.376 e. The van der Waals surface area contributed by atoms with Crippen molar-refractivity contribution in [1.29, 1.82) is 0 Å². The maximum absolute atomic E-state index is 9.27. The van der Waals surface area contributed by atoms with Crippen LogP contribution in [0.2, 0.25) is 0 Å². The molecule has 0 aromatic carbocycles. The summed E-state index contributed by atoms with van der Waals surface area (Å²) in [5.74, 6) is 0. The van der Waals surface area contributed by atoms with Crippen LogP contribution < -0.4 is 10.6 Å². The summed E-state index contributed by atoms with van der Waals surface area (Å²) in [7, 11) is 7.34. The van der Waals surface area contributed by atoms with Crippen molar-refractivity contribution in [3.63, 3.8) is 0 Å². The predicted molar refractivity (Wildman–Crippen MR) is 41.6 cm³/mol. The van der Waals surface area contributed by atoms with Crippen molar-refractivity contribution in [3.8, 4) is 0 Å². The molecule has 0 fully saturated rings. The Balaban J connectivity index is 3.80. The first-order valence-electron chi connectivity index (χ1n) is 3.32. The molecule has 0 aliphatic heterocycles. The molecule has 0 heterocycles. The van der Waals surface area contributed by atoms with Crippen molar-refractivity contribution < 1.29 is 5.11 Å². The summed E-state index contributed by atoms with van der Waals surface area (Å²) < 4.78 is 0. The molecule has 0 saturated carbocycles. The molecule has 0 saturated heterocycles. The van der Waals surface area contributed by atoms with Crippen molar-refractivity contribution >= 4 is 0 Å². The molecule has 0 amide bonds. The highest BCUT2D eigenvalue weighted by Crippen LogP contribution is 1.90. The van der Waals surface area contributed by atoms with Gasteiger partial charge in [0.25, 0.3) is 0 Å². The van der Waals surface area contributed by atoms with Crippen molar-refractivity contribution in [2.75, 3.05) is 28.2 Å². The lowest BCUT2D eigenvalue weighted by molar-refractivity contribution is 0.0416. The van der Waals surface area contributed by atoms with Crippen LogP contribution >= 0.6 is 0 Å². The second-order valence-electron chi connectivity index (χ2n) is 2.43. The van der Waals surface area contributed by atoms with Gasteiger partial charge >= 0.3 is 0 Å². The maximum atomic E-state index is 9.27. The third-order valence-electron chi connectivity index (χ3n) is 1.45. The fourth-order valence-electron chi connectivity index (χ4n) is 0.856. The Bertz CT molecular complexity index is 87.1. The predicted octanol–water partition coefficient (Wildman–Crippen LogP) is -1.37. The molecular formula is C6H17N3O. The molecule has 0 radical (unpaired) electrons. The van der Waals surface area contributed by atoms with E-state index in [-0.39, 0.29) is 6.17 Å². The first-order valence-corrected chi connectivity index (χ1v) is 3.32. The van der Waals surface area contributed by atoms with Gasteiger partial charge in [-0.1, -0.05) is 0 Å². The summed E-state index contributed by atoms with van der Waals surface area (Å²) in [6.07, 6.45) is -0.565. The Labute approximate surface area is 62.2 Å². The fourth-order valence-corrected chi connectivity index (χ4v) is 0.856. The molecule has 0 bridgehead atoms. The monoisotopic (exact) mass is 147 g/mol. The maximum Gasteiger partial charge on any atom is 0.133 e. The third-order valence-corrected chi connectivity index (χ3v) is 1.45. The highest BCUT2D eigenvalue weighted by Gasteiger charge is 2.16. The van der Waals surface area contributed by atoms with Crippen molar-refractivity contribution in [2.45, 2.75) is 12.4 Å². The zero-order valence-electron chi connectivity index (χ0n) is 7.05. The Kier molecular flexibility index (Phi) is 4.55. The van der Waals surface area contributed by atoms with E-state index in [9.17, 15) is 5.11 Å². The van der Waals surface area contributed by atoms with E-state index in [1.807, 2.05) is 26.0 Å².